The zero-order chi connectivity index (χ0) is 27.6. The quantitative estimate of drug-likeness (QED) is 0.430. The summed E-state index contributed by atoms with van der Waals surface area (Å²) in [6.07, 6.45) is 3.19. The molecule has 2 aliphatic rings. The van der Waals surface area contributed by atoms with Gasteiger partial charge >= 0.3 is 6.03 Å². The molecule has 2 aromatic carbocycles. The number of β-amino-alcohol motifs (C(OH)–C–C–N with tert-alkyl or cyclic N) is 1. The Morgan fingerprint density at radius 1 is 0.923 bits per heavy atom. The van der Waals surface area contributed by atoms with E-state index in [2.05, 4.69) is 20.4 Å². The van der Waals surface area contributed by atoms with Gasteiger partial charge < -0.3 is 25.5 Å². The van der Waals surface area contributed by atoms with Crippen LogP contribution in [-0.2, 0) is 4.79 Å². The Labute approximate surface area is 233 Å². The van der Waals surface area contributed by atoms with Crippen LogP contribution >= 0.6 is 0 Å². The van der Waals surface area contributed by atoms with Crippen LogP contribution in [0, 0.1) is 5.92 Å². The van der Waals surface area contributed by atoms with Crippen molar-refractivity contribution in [3.63, 3.8) is 0 Å². The summed E-state index contributed by atoms with van der Waals surface area (Å²) >= 11 is 0. The lowest BCUT2D eigenvalue weighted by Gasteiger charge is -2.37. The molecule has 2 unspecified atom stereocenters. The highest BCUT2D eigenvalue weighted by atomic mass is 16.3. The third kappa shape index (κ3) is 8.27. The summed E-state index contributed by atoms with van der Waals surface area (Å²) in [5.41, 5.74) is 2.85. The number of piperidine rings is 2. The molecular formula is C31H45N5O3. The molecular weight excluding hydrogens is 490 g/mol. The summed E-state index contributed by atoms with van der Waals surface area (Å²) in [5.74, 6) is 0.292. The van der Waals surface area contributed by atoms with Gasteiger partial charge in [0.1, 0.15) is 0 Å². The van der Waals surface area contributed by atoms with Crippen molar-refractivity contribution in [2.24, 2.45) is 5.92 Å². The van der Waals surface area contributed by atoms with Gasteiger partial charge in [0.25, 0.3) is 0 Å². The van der Waals surface area contributed by atoms with Crippen LogP contribution in [0.15, 0.2) is 54.6 Å². The number of rotatable bonds is 10. The number of amides is 3. The van der Waals surface area contributed by atoms with Gasteiger partial charge in [-0.1, -0.05) is 48.5 Å². The van der Waals surface area contributed by atoms with Crippen molar-refractivity contribution in [2.75, 3.05) is 57.7 Å². The molecule has 0 aromatic heterocycles. The Hall–Kier alpha value is -2.94. The molecule has 0 radical (unpaired) electrons. The fraction of sp³-hybridized carbons (Fsp3) is 0.548. The first kappa shape index (κ1) is 29.1. The fourth-order valence-electron chi connectivity index (χ4n) is 5.94. The van der Waals surface area contributed by atoms with Crippen LogP contribution in [-0.4, -0.2) is 96.2 Å². The van der Waals surface area contributed by atoms with Crippen molar-refractivity contribution in [3.05, 3.63) is 54.6 Å². The molecule has 4 rings (SSSR count). The van der Waals surface area contributed by atoms with Crippen molar-refractivity contribution in [1.29, 1.82) is 0 Å². The van der Waals surface area contributed by atoms with Crippen LogP contribution in [0.2, 0.25) is 0 Å². The lowest BCUT2D eigenvalue weighted by Crippen LogP contribution is -2.50. The minimum Gasteiger partial charge on any atom is -0.390 e. The maximum atomic E-state index is 12.8. The minimum atomic E-state index is -0.449. The highest BCUT2D eigenvalue weighted by Gasteiger charge is 2.30. The minimum absolute atomic E-state index is 0.0403. The Kier molecular flexibility index (Phi) is 10.8. The van der Waals surface area contributed by atoms with Gasteiger partial charge in [0.15, 0.2) is 0 Å². The predicted octanol–water partition coefficient (Wildman–Crippen LogP) is 3.88. The highest BCUT2D eigenvalue weighted by molar-refractivity contribution is 5.94. The van der Waals surface area contributed by atoms with Crippen LogP contribution in [0.25, 0.3) is 11.1 Å². The summed E-state index contributed by atoms with van der Waals surface area (Å²) in [7, 11) is 0. The zero-order valence-corrected chi connectivity index (χ0v) is 23.5. The van der Waals surface area contributed by atoms with Gasteiger partial charge in [0.2, 0.25) is 5.91 Å². The first-order valence-electron chi connectivity index (χ1n) is 14.6. The molecule has 2 aliphatic heterocycles. The van der Waals surface area contributed by atoms with Gasteiger partial charge in [-0.05, 0) is 57.7 Å². The molecule has 0 aliphatic carbocycles. The fourth-order valence-corrected chi connectivity index (χ4v) is 5.94. The van der Waals surface area contributed by atoms with Gasteiger partial charge in [-0.25, -0.2) is 4.79 Å². The number of hydrogen-bond donors (Lipinski definition) is 3. The summed E-state index contributed by atoms with van der Waals surface area (Å²) < 4.78 is 0. The van der Waals surface area contributed by atoms with Crippen molar-refractivity contribution in [1.82, 2.24) is 20.0 Å². The van der Waals surface area contributed by atoms with Crippen molar-refractivity contribution >= 4 is 17.6 Å². The lowest BCUT2D eigenvalue weighted by molar-refractivity contribution is -0.137. The Bertz CT molecular complexity index is 1050. The first-order chi connectivity index (χ1) is 19.0. The largest absolute Gasteiger partial charge is 0.390 e. The number of benzene rings is 2. The van der Waals surface area contributed by atoms with E-state index in [0.29, 0.717) is 13.1 Å². The smallest absolute Gasteiger partial charge is 0.319 e. The molecule has 0 spiro atoms. The molecule has 2 fully saturated rings. The van der Waals surface area contributed by atoms with Gasteiger partial charge in [-0.3, -0.25) is 9.69 Å². The third-order valence-electron chi connectivity index (χ3n) is 8.05. The predicted molar refractivity (Wildman–Crippen MR) is 157 cm³/mol. The SMILES string of the molecule is CCN(CC)C(=O)C1CCCN(CC(O)CN2CCC(NC(=O)Nc3ccccc3-c3ccccc3)CC2)C1. The van der Waals surface area contributed by atoms with Crippen LogP contribution in [0.4, 0.5) is 10.5 Å². The van der Waals surface area contributed by atoms with E-state index >= 15 is 0 Å². The number of anilines is 1. The normalized spacial score (nSPS) is 19.8. The number of hydrogen-bond acceptors (Lipinski definition) is 5. The average Bonchev–Trinajstić information content (AvgIpc) is 2.95. The number of nitrogens with one attached hydrogen (secondary N) is 2. The molecule has 0 bridgehead atoms. The van der Waals surface area contributed by atoms with E-state index in [1.165, 1.54) is 0 Å². The number of aliphatic hydroxyl groups is 1. The van der Waals surface area contributed by atoms with Crippen molar-refractivity contribution in [3.8, 4) is 11.1 Å². The summed E-state index contributed by atoms with van der Waals surface area (Å²) in [4.78, 5) is 32.0. The van der Waals surface area contributed by atoms with Crippen LogP contribution < -0.4 is 10.6 Å². The zero-order valence-electron chi connectivity index (χ0n) is 23.5. The molecule has 212 valence electrons. The molecule has 3 N–H and O–H groups in total. The molecule has 3 amide bonds. The summed E-state index contributed by atoms with van der Waals surface area (Å²) in [6, 6.07) is 17.8. The maximum absolute atomic E-state index is 12.8. The number of carbonyl (C=O) groups excluding carboxylic acids is 2. The van der Waals surface area contributed by atoms with Crippen LogP contribution in [0.1, 0.15) is 39.5 Å². The molecule has 8 nitrogen and oxygen atoms in total. The molecule has 2 heterocycles. The number of para-hydroxylation sites is 1. The summed E-state index contributed by atoms with van der Waals surface area (Å²) in [5, 5.41) is 17.0. The molecule has 8 heteroatoms. The molecule has 0 saturated carbocycles. The third-order valence-corrected chi connectivity index (χ3v) is 8.05. The number of likely N-dealkylation sites (tertiary alicyclic amines) is 2. The standard InChI is InChI=1S/C31H45N5O3/c1-3-36(4-2)30(38)25-13-10-18-35(21-25)23-27(37)22-34-19-16-26(17-20-34)32-31(39)33-29-15-9-8-14-28(29)24-11-6-5-7-12-24/h5-9,11-12,14-15,25-27,37H,3-4,10,13,16-23H2,1-2H3,(H2,32,33,39). The monoisotopic (exact) mass is 535 g/mol. The van der Waals surface area contributed by atoms with Gasteiger partial charge in [0.05, 0.1) is 17.7 Å². The van der Waals surface area contributed by atoms with E-state index in [0.717, 1.165) is 81.8 Å². The number of carbonyl (C=O) groups is 2. The molecule has 39 heavy (non-hydrogen) atoms. The second-order valence-corrected chi connectivity index (χ2v) is 10.8. The maximum Gasteiger partial charge on any atom is 0.319 e. The molecule has 2 saturated heterocycles. The van der Waals surface area contributed by atoms with E-state index in [9.17, 15) is 14.7 Å². The second kappa shape index (κ2) is 14.4. The van der Waals surface area contributed by atoms with Crippen LogP contribution in [0.5, 0.6) is 0 Å². The van der Waals surface area contributed by atoms with Gasteiger partial charge in [-0.15, -0.1) is 0 Å². The van der Waals surface area contributed by atoms with Crippen molar-refractivity contribution in [2.45, 2.75) is 51.7 Å². The molecule has 2 aromatic rings. The van der Waals surface area contributed by atoms with Gasteiger partial charge in [-0.2, -0.15) is 0 Å². The summed E-state index contributed by atoms with van der Waals surface area (Å²) in [6.45, 7) is 10.1. The van der Waals surface area contributed by atoms with Crippen molar-refractivity contribution < 1.29 is 14.7 Å². The first-order valence-corrected chi connectivity index (χ1v) is 14.6. The number of aliphatic hydroxyl groups excluding tert-OH is 1. The van der Waals surface area contributed by atoms with E-state index in [1.807, 2.05) is 73.3 Å². The Morgan fingerprint density at radius 2 is 1.59 bits per heavy atom. The highest BCUT2D eigenvalue weighted by Crippen LogP contribution is 2.27. The van der Waals surface area contributed by atoms with E-state index in [4.69, 9.17) is 0 Å². The van der Waals surface area contributed by atoms with E-state index in [-0.39, 0.29) is 23.9 Å². The average molecular weight is 536 g/mol. The lowest BCUT2D eigenvalue weighted by atomic mass is 9.96. The Morgan fingerprint density at radius 3 is 2.31 bits per heavy atom. The topological polar surface area (TPSA) is 88.2 Å². The number of nitrogens with zero attached hydrogens (tertiary/aromatic N) is 3. The van der Waals surface area contributed by atoms with E-state index in [1.54, 1.807) is 0 Å². The Balaban J connectivity index is 1.19. The molecule has 2 atom stereocenters. The van der Waals surface area contributed by atoms with Gasteiger partial charge in [0, 0.05) is 57.4 Å². The number of urea groups is 1. The van der Waals surface area contributed by atoms with Crippen LogP contribution in [0.3, 0.4) is 0 Å². The van der Waals surface area contributed by atoms with E-state index < -0.39 is 6.10 Å². The second-order valence-electron chi connectivity index (χ2n) is 10.8.